The number of pyridine rings is 1. The highest BCUT2D eigenvalue weighted by atomic mass is 16.3. The zero-order valence-electron chi connectivity index (χ0n) is 9.41. The molecule has 4 N–H and O–H groups in total. The van der Waals surface area contributed by atoms with Crippen molar-refractivity contribution in [3.8, 4) is 0 Å². The summed E-state index contributed by atoms with van der Waals surface area (Å²) in [4.78, 5) is 15.3. The Morgan fingerprint density at radius 1 is 1.41 bits per heavy atom. The molecule has 1 aliphatic rings. The topological polar surface area (TPSA) is 96.4 Å². The Hall–Kier alpha value is -1.46. The molecule has 1 fully saturated rings. The fourth-order valence-corrected chi connectivity index (χ4v) is 2.42. The number of amides is 1. The molecule has 0 aliphatic heterocycles. The highest BCUT2D eigenvalue weighted by molar-refractivity contribution is 5.94. The number of rotatable bonds is 2. The van der Waals surface area contributed by atoms with Crippen LogP contribution in [0.1, 0.15) is 41.1 Å². The predicted molar refractivity (Wildman–Crippen MR) is 61.4 cm³/mol. The van der Waals surface area contributed by atoms with Gasteiger partial charge in [-0.15, -0.1) is 0 Å². The molecule has 1 aliphatic carbocycles. The molecule has 0 saturated heterocycles. The number of aromatic nitrogens is 1. The van der Waals surface area contributed by atoms with Gasteiger partial charge in [-0.2, -0.15) is 0 Å². The van der Waals surface area contributed by atoms with Crippen molar-refractivity contribution < 1.29 is 15.0 Å². The maximum absolute atomic E-state index is 11.3. The van der Waals surface area contributed by atoms with Crippen molar-refractivity contribution in [2.75, 3.05) is 0 Å². The minimum atomic E-state index is -0.856. The zero-order chi connectivity index (χ0) is 12.4. The third-order valence-electron chi connectivity index (χ3n) is 3.34. The molecule has 0 spiro atoms. The molecule has 0 radical (unpaired) electrons. The maximum Gasteiger partial charge on any atom is 0.249 e. The lowest BCUT2D eigenvalue weighted by molar-refractivity contribution is -0.0228. The largest absolute Gasteiger partial charge is 0.390 e. The quantitative estimate of drug-likeness (QED) is 0.682. The molecule has 0 aromatic carbocycles. The van der Waals surface area contributed by atoms with Gasteiger partial charge in [-0.3, -0.25) is 9.78 Å². The summed E-state index contributed by atoms with van der Waals surface area (Å²) in [6, 6.07) is 1.55. The number of carbonyl (C=O) groups is 1. The normalized spacial score (nSPS) is 28.9. The maximum atomic E-state index is 11.3. The molecule has 5 nitrogen and oxygen atoms in total. The number of aliphatic hydroxyl groups excluding tert-OH is 2. The van der Waals surface area contributed by atoms with Gasteiger partial charge in [0.15, 0.2) is 0 Å². The molecule has 1 aromatic heterocycles. The van der Waals surface area contributed by atoms with Gasteiger partial charge in [0.25, 0.3) is 0 Å². The number of hydrogen-bond acceptors (Lipinski definition) is 4. The van der Waals surface area contributed by atoms with Crippen molar-refractivity contribution in [2.45, 2.75) is 37.4 Å². The number of carbonyl (C=O) groups excluding carboxylic acids is 1. The number of primary amides is 1. The molecule has 0 bridgehead atoms. The van der Waals surface area contributed by atoms with E-state index in [2.05, 4.69) is 4.98 Å². The van der Waals surface area contributed by atoms with Crippen LogP contribution in [0.15, 0.2) is 18.5 Å². The van der Waals surface area contributed by atoms with Crippen molar-refractivity contribution in [1.29, 1.82) is 0 Å². The first-order valence-electron chi connectivity index (χ1n) is 5.71. The monoisotopic (exact) mass is 236 g/mol. The molecule has 17 heavy (non-hydrogen) atoms. The second-order valence-corrected chi connectivity index (χ2v) is 4.42. The molecule has 1 heterocycles. The summed E-state index contributed by atoms with van der Waals surface area (Å²) >= 11 is 0. The van der Waals surface area contributed by atoms with Crippen molar-refractivity contribution >= 4 is 5.91 Å². The van der Waals surface area contributed by atoms with Crippen LogP contribution in [0.25, 0.3) is 0 Å². The van der Waals surface area contributed by atoms with Crippen LogP contribution in [-0.4, -0.2) is 33.3 Å². The summed E-state index contributed by atoms with van der Waals surface area (Å²) in [6.45, 7) is 0. The van der Waals surface area contributed by atoms with Gasteiger partial charge in [0.2, 0.25) is 5.91 Å². The SMILES string of the molecule is NC(=O)c1ccncc1C1CCCC(O)C1O. The third-order valence-corrected chi connectivity index (χ3v) is 3.34. The molecule has 1 saturated carbocycles. The van der Waals surface area contributed by atoms with Crippen LogP contribution in [0.3, 0.4) is 0 Å². The van der Waals surface area contributed by atoms with Gasteiger partial charge >= 0.3 is 0 Å². The van der Waals surface area contributed by atoms with E-state index >= 15 is 0 Å². The summed E-state index contributed by atoms with van der Waals surface area (Å²) in [5.41, 5.74) is 6.29. The highest BCUT2D eigenvalue weighted by Crippen LogP contribution is 2.34. The first-order valence-corrected chi connectivity index (χ1v) is 5.71. The Kier molecular flexibility index (Phi) is 3.40. The average molecular weight is 236 g/mol. The number of nitrogens with zero attached hydrogens (tertiary/aromatic N) is 1. The number of aliphatic hydroxyl groups is 2. The van der Waals surface area contributed by atoms with E-state index in [1.54, 1.807) is 12.3 Å². The van der Waals surface area contributed by atoms with Crippen LogP contribution in [0, 0.1) is 0 Å². The van der Waals surface area contributed by atoms with Gasteiger partial charge in [-0.1, -0.05) is 6.42 Å². The average Bonchev–Trinajstić information content (AvgIpc) is 2.33. The van der Waals surface area contributed by atoms with E-state index in [0.717, 1.165) is 12.8 Å². The minimum Gasteiger partial charge on any atom is -0.390 e. The van der Waals surface area contributed by atoms with Crippen molar-refractivity contribution in [1.82, 2.24) is 4.98 Å². The molecule has 5 heteroatoms. The summed E-state index contributed by atoms with van der Waals surface area (Å²) in [5.74, 6) is -0.801. The number of hydrogen-bond donors (Lipinski definition) is 3. The first kappa shape index (κ1) is 12.0. The highest BCUT2D eigenvalue weighted by Gasteiger charge is 2.33. The summed E-state index contributed by atoms with van der Waals surface area (Å²) < 4.78 is 0. The minimum absolute atomic E-state index is 0.269. The number of nitrogens with two attached hydrogens (primary N) is 1. The molecule has 92 valence electrons. The lowest BCUT2D eigenvalue weighted by atomic mass is 9.79. The lowest BCUT2D eigenvalue weighted by Gasteiger charge is -2.32. The van der Waals surface area contributed by atoms with Gasteiger partial charge < -0.3 is 15.9 Å². The van der Waals surface area contributed by atoms with E-state index in [0.29, 0.717) is 17.5 Å². The Balaban J connectivity index is 2.36. The van der Waals surface area contributed by atoms with Crippen LogP contribution in [0.5, 0.6) is 0 Å². The molecule has 2 rings (SSSR count). The predicted octanol–water partition coefficient (Wildman–Crippen LogP) is 0.170. The molecular formula is C12H16N2O3. The van der Waals surface area contributed by atoms with Gasteiger partial charge in [-0.25, -0.2) is 0 Å². The van der Waals surface area contributed by atoms with E-state index in [1.807, 2.05) is 0 Å². The Labute approximate surface area is 99.3 Å². The molecule has 1 amide bonds. The molecule has 3 unspecified atom stereocenters. The van der Waals surface area contributed by atoms with E-state index in [-0.39, 0.29) is 5.92 Å². The van der Waals surface area contributed by atoms with Crippen molar-refractivity contribution in [2.24, 2.45) is 5.73 Å². The second kappa shape index (κ2) is 4.81. The molecule has 1 aromatic rings. The van der Waals surface area contributed by atoms with E-state index < -0.39 is 18.1 Å². The summed E-state index contributed by atoms with van der Waals surface area (Å²) in [5, 5.41) is 19.6. The van der Waals surface area contributed by atoms with Gasteiger partial charge in [-0.05, 0) is 24.5 Å². The Bertz CT molecular complexity index is 422. The van der Waals surface area contributed by atoms with E-state index in [9.17, 15) is 15.0 Å². The fourth-order valence-electron chi connectivity index (χ4n) is 2.42. The molecule has 3 atom stereocenters. The summed E-state index contributed by atoms with van der Waals surface area (Å²) in [7, 11) is 0. The van der Waals surface area contributed by atoms with Crippen LogP contribution in [0.2, 0.25) is 0 Å². The zero-order valence-corrected chi connectivity index (χ0v) is 9.41. The van der Waals surface area contributed by atoms with Gasteiger partial charge in [0, 0.05) is 23.9 Å². The summed E-state index contributed by atoms with van der Waals surface area (Å²) in [6.07, 6.45) is 3.58. The standard InChI is InChI=1S/C12H16N2O3/c13-12(17)8-4-5-14-6-9(8)7-2-1-3-10(15)11(7)16/h4-7,10-11,15-16H,1-3H2,(H2,13,17). The second-order valence-electron chi connectivity index (χ2n) is 4.42. The van der Waals surface area contributed by atoms with Gasteiger partial charge in [0.1, 0.15) is 0 Å². The van der Waals surface area contributed by atoms with Crippen molar-refractivity contribution in [3.63, 3.8) is 0 Å². The fraction of sp³-hybridized carbons (Fsp3) is 0.500. The third kappa shape index (κ3) is 2.30. The Morgan fingerprint density at radius 3 is 2.88 bits per heavy atom. The first-order chi connectivity index (χ1) is 8.11. The Morgan fingerprint density at radius 2 is 2.18 bits per heavy atom. The molecular weight excluding hydrogens is 220 g/mol. The van der Waals surface area contributed by atoms with Crippen LogP contribution in [-0.2, 0) is 0 Å². The lowest BCUT2D eigenvalue weighted by Crippen LogP contribution is -2.36. The van der Waals surface area contributed by atoms with E-state index in [4.69, 9.17) is 5.73 Å². The van der Waals surface area contributed by atoms with Crippen LogP contribution < -0.4 is 5.73 Å². The van der Waals surface area contributed by atoms with Crippen molar-refractivity contribution in [3.05, 3.63) is 29.6 Å². The smallest absolute Gasteiger partial charge is 0.249 e. The van der Waals surface area contributed by atoms with Gasteiger partial charge in [0.05, 0.1) is 12.2 Å². The van der Waals surface area contributed by atoms with Crippen LogP contribution in [0.4, 0.5) is 0 Å². The van der Waals surface area contributed by atoms with Crippen LogP contribution >= 0.6 is 0 Å². The van der Waals surface area contributed by atoms with E-state index in [1.165, 1.54) is 6.20 Å².